The number of aromatic nitrogens is 2. The van der Waals surface area contributed by atoms with Gasteiger partial charge in [0.05, 0.1) is 17.3 Å². The fourth-order valence-electron chi connectivity index (χ4n) is 5.98. The van der Waals surface area contributed by atoms with E-state index in [1.54, 1.807) is 10.7 Å². The molecule has 2 aromatic rings. The topological polar surface area (TPSA) is 79.3 Å². The van der Waals surface area contributed by atoms with Gasteiger partial charge in [-0.3, -0.25) is 14.3 Å². The van der Waals surface area contributed by atoms with Gasteiger partial charge in [0.15, 0.2) is 5.69 Å². The number of amides is 2. The number of nitrogens with zero attached hydrogens (tertiary/aromatic N) is 3. The normalized spacial score (nSPS) is 19.7. The number of hydrogen-bond donors (Lipinski definition) is 2. The fourth-order valence-corrected chi connectivity index (χ4v) is 5.98. The van der Waals surface area contributed by atoms with Crippen molar-refractivity contribution in [2.75, 3.05) is 19.6 Å². The van der Waals surface area contributed by atoms with Crippen LogP contribution >= 0.6 is 0 Å². The second-order valence-electron chi connectivity index (χ2n) is 11.2. The molecule has 1 unspecified atom stereocenters. The third-order valence-corrected chi connectivity index (χ3v) is 8.38. The van der Waals surface area contributed by atoms with Crippen molar-refractivity contribution in [3.05, 3.63) is 41.6 Å². The zero-order valence-corrected chi connectivity index (χ0v) is 22.3. The summed E-state index contributed by atoms with van der Waals surface area (Å²) < 4.78 is 43.3. The summed E-state index contributed by atoms with van der Waals surface area (Å²) in [5.41, 5.74) is -0.336. The molecule has 1 aromatic heterocycles. The summed E-state index contributed by atoms with van der Waals surface area (Å²) in [5, 5.41) is 10.6. The van der Waals surface area contributed by atoms with E-state index < -0.39 is 17.6 Å². The fraction of sp³-hybridized carbons (Fsp3) is 0.621. The third-order valence-electron chi connectivity index (χ3n) is 8.38. The summed E-state index contributed by atoms with van der Waals surface area (Å²) in [4.78, 5) is 28.5. The van der Waals surface area contributed by atoms with Gasteiger partial charge in [0.2, 0.25) is 5.91 Å². The van der Waals surface area contributed by atoms with Crippen LogP contribution in [0.1, 0.15) is 92.7 Å². The van der Waals surface area contributed by atoms with E-state index in [-0.39, 0.29) is 41.7 Å². The molecule has 1 atom stereocenters. The van der Waals surface area contributed by atoms with Crippen LogP contribution in [-0.2, 0) is 11.0 Å². The van der Waals surface area contributed by atoms with Gasteiger partial charge in [0.1, 0.15) is 0 Å². The van der Waals surface area contributed by atoms with E-state index in [2.05, 4.69) is 20.6 Å². The Morgan fingerprint density at radius 2 is 1.72 bits per heavy atom. The first-order valence-electron chi connectivity index (χ1n) is 14.4. The molecule has 1 aliphatic heterocycles. The molecule has 3 aliphatic rings. The van der Waals surface area contributed by atoms with Crippen LogP contribution in [0.2, 0.25) is 0 Å². The Kier molecular flexibility index (Phi) is 8.59. The van der Waals surface area contributed by atoms with Gasteiger partial charge in [-0.2, -0.15) is 18.3 Å². The molecular weight excluding hydrogens is 507 g/mol. The molecule has 0 bridgehead atoms. The van der Waals surface area contributed by atoms with E-state index in [1.165, 1.54) is 18.2 Å². The Morgan fingerprint density at radius 1 is 1.00 bits per heavy atom. The van der Waals surface area contributed by atoms with Crippen LogP contribution in [0.15, 0.2) is 30.3 Å². The number of nitrogens with one attached hydrogen (secondary N) is 2. The number of carbonyl (C=O) groups excluding carboxylic acids is 2. The molecule has 1 aromatic carbocycles. The first-order valence-corrected chi connectivity index (χ1v) is 14.4. The Balaban J connectivity index is 1.37. The highest BCUT2D eigenvalue weighted by molar-refractivity contribution is 5.94. The van der Waals surface area contributed by atoms with Crippen LogP contribution < -0.4 is 10.6 Å². The Hall–Kier alpha value is -2.88. The molecule has 3 fully saturated rings. The number of hydrogen-bond acceptors (Lipinski definition) is 4. The van der Waals surface area contributed by atoms with Gasteiger partial charge in [0, 0.05) is 30.6 Å². The smallest absolute Gasteiger partial charge is 0.353 e. The van der Waals surface area contributed by atoms with Crippen molar-refractivity contribution in [3.8, 4) is 11.3 Å². The standard InChI is InChI=1S/C29H38F3N5O2/c30-29(31,32)24-13-4-3-12-23(24)26-19-25(35-37(26)22-10-1-2-11-22)28(39)34-21(14-17-36-15-5-6-16-36)18-27(38)33-20-8-7-9-20/h3-4,12-13,19-22H,1-2,5-11,14-18H2,(H,33,38)(H,34,39). The van der Waals surface area contributed by atoms with Crippen molar-refractivity contribution in [2.45, 2.75) is 94.9 Å². The molecule has 2 heterocycles. The lowest BCUT2D eigenvalue weighted by Gasteiger charge is -2.28. The Labute approximate surface area is 227 Å². The molecule has 2 amide bonds. The van der Waals surface area contributed by atoms with Crippen molar-refractivity contribution in [1.82, 2.24) is 25.3 Å². The average molecular weight is 546 g/mol. The van der Waals surface area contributed by atoms with E-state index in [0.717, 1.165) is 83.5 Å². The van der Waals surface area contributed by atoms with Gasteiger partial charge >= 0.3 is 6.18 Å². The second kappa shape index (κ2) is 12.1. The predicted octanol–water partition coefficient (Wildman–Crippen LogP) is 5.33. The van der Waals surface area contributed by atoms with E-state index in [9.17, 15) is 22.8 Å². The highest BCUT2D eigenvalue weighted by Crippen LogP contribution is 2.40. The minimum absolute atomic E-state index is 0.0221. The van der Waals surface area contributed by atoms with E-state index >= 15 is 0 Å². The Morgan fingerprint density at radius 3 is 2.38 bits per heavy atom. The molecule has 7 nitrogen and oxygen atoms in total. The maximum absolute atomic E-state index is 13.9. The van der Waals surface area contributed by atoms with E-state index in [4.69, 9.17) is 0 Å². The summed E-state index contributed by atoms with van der Waals surface area (Å²) in [6, 6.07) is 6.70. The molecule has 0 radical (unpaired) electrons. The lowest BCUT2D eigenvalue weighted by Crippen LogP contribution is -2.45. The summed E-state index contributed by atoms with van der Waals surface area (Å²) in [5.74, 6) is -0.539. The quantitative estimate of drug-likeness (QED) is 0.423. The van der Waals surface area contributed by atoms with Crippen LogP contribution in [0.4, 0.5) is 13.2 Å². The molecule has 2 aliphatic carbocycles. The van der Waals surface area contributed by atoms with Gasteiger partial charge in [-0.25, -0.2) is 0 Å². The van der Waals surface area contributed by atoms with Crippen LogP contribution in [0.5, 0.6) is 0 Å². The molecule has 1 saturated heterocycles. The second-order valence-corrected chi connectivity index (χ2v) is 11.2. The minimum Gasteiger partial charge on any atom is -0.353 e. The Bertz CT molecular complexity index is 1150. The highest BCUT2D eigenvalue weighted by Gasteiger charge is 2.35. The average Bonchev–Trinajstić information content (AvgIpc) is 3.65. The van der Waals surface area contributed by atoms with Gasteiger partial charge in [-0.1, -0.05) is 31.0 Å². The molecule has 39 heavy (non-hydrogen) atoms. The summed E-state index contributed by atoms with van der Waals surface area (Å²) in [6.45, 7) is 2.81. The van der Waals surface area contributed by atoms with Crippen LogP contribution in [0, 0.1) is 0 Å². The summed E-state index contributed by atoms with van der Waals surface area (Å²) >= 11 is 0. The number of alkyl halides is 3. The first-order chi connectivity index (χ1) is 18.8. The van der Waals surface area contributed by atoms with Gasteiger partial charge in [-0.05, 0) is 76.6 Å². The number of carbonyl (C=O) groups is 2. The molecule has 5 rings (SSSR count). The predicted molar refractivity (Wildman–Crippen MR) is 142 cm³/mol. The van der Waals surface area contributed by atoms with Crippen molar-refractivity contribution in [3.63, 3.8) is 0 Å². The molecular formula is C29H38F3N5O2. The van der Waals surface area contributed by atoms with Gasteiger partial charge in [0.25, 0.3) is 5.91 Å². The maximum atomic E-state index is 13.9. The van der Waals surface area contributed by atoms with Crippen molar-refractivity contribution < 1.29 is 22.8 Å². The van der Waals surface area contributed by atoms with Gasteiger partial charge < -0.3 is 15.5 Å². The molecule has 10 heteroatoms. The largest absolute Gasteiger partial charge is 0.417 e. The third kappa shape index (κ3) is 6.83. The monoisotopic (exact) mass is 545 g/mol. The van der Waals surface area contributed by atoms with Crippen LogP contribution in [-0.4, -0.2) is 58.2 Å². The SMILES string of the molecule is O=C(CC(CCN1CCCC1)NC(=O)c1cc(-c2ccccc2C(F)(F)F)n(C2CCCC2)n1)NC1CCC1. The minimum atomic E-state index is -4.53. The van der Waals surface area contributed by atoms with Crippen LogP contribution in [0.25, 0.3) is 11.3 Å². The summed E-state index contributed by atoms with van der Waals surface area (Å²) in [6.07, 6.45) is 5.21. The van der Waals surface area contributed by atoms with Crippen molar-refractivity contribution >= 4 is 11.8 Å². The number of likely N-dealkylation sites (tertiary alicyclic amines) is 1. The molecule has 212 valence electrons. The number of benzene rings is 1. The van der Waals surface area contributed by atoms with E-state index in [0.29, 0.717) is 12.1 Å². The first kappa shape index (κ1) is 27.7. The zero-order valence-electron chi connectivity index (χ0n) is 22.3. The van der Waals surface area contributed by atoms with Crippen LogP contribution in [0.3, 0.4) is 0 Å². The lowest BCUT2D eigenvalue weighted by molar-refractivity contribution is -0.137. The number of halogens is 3. The van der Waals surface area contributed by atoms with Gasteiger partial charge in [-0.15, -0.1) is 0 Å². The van der Waals surface area contributed by atoms with Crippen molar-refractivity contribution in [1.29, 1.82) is 0 Å². The number of rotatable bonds is 10. The molecule has 2 N–H and O–H groups in total. The summed E-state index contributed by atoms with van der Waals surface area (Å²) in [7, 11) is 0. The molecule has 0 spiro atoms. The highest BCUT2D eigenvalue weighted by atomic mass is 19.4. The van der Waals surface area contributed by atoms with Crippen molar-refractivity contribution in [2.24, 2.45) is 0 Å². The zero-order chi connectivity index (χ0) is 27.4. The molecule has 2 saturated carbocycles. The maximum Gasteiger partial charge on any atom is 0.417 e. The lowest BCUT2D eigenvalue weighted by atomic mass is 9.93. The van der Waals surface area contributed by atoms with E-state index in [1.807, 2.05) is 0 Å².